The summed E-state index contributed by atoms with van der Waals surface area (Å²) in [6, 6.07) is 24.5. The van der Waals surface area contributed by atoms with Gasteiger partial charge in [0, 0.05) is 19.0 Å². The van der Waals surface area contributed by atoms with Crippen LogP contribution in [0.4, 0.5) is 4.79 Å². The summed E-state index contributed by atoms with van der Waals surface area (Å²) >= 11 is 0. The number of benzene rings is 3. The second-order valence-electron chi connectivity index (χ2n) is 10.6. The molecule has 0 bridgehead atoms. The maximum Gasteiger partial charge on any atom is 0.408 e. The normalized spacial score (nSPS) is 12.4. The number of alkyl carbamates (subject to hydrolysis) is 1. The average molecular weight is 540 g/mol. The molecule has 0 spiro atoms. The van der Waals surface area contributed by atoms with Crippen molar-refractivity contribution < 1.29 is 19.1 Å². The van der Waals surface area contributed by atoms with Gasteiger partial charge in [-0.3, -0.25) is 14.5 Å². The number of ether oxygens (including phenoxy) is 1. The van der Waals surface area contributed by atoms with Crippen LogP contribution < -0.4 is 10.6 Å². The molecule has 7 nitrogen and oxygen atoms in total. The molecular weight excluding hydrogens is 502 g/mol. The molecular formula is C33H37N3O4. The largest absolute Gasteiger partial charge is 0.444 e. The van der Waals surface area contributed by atoms with Crippen molar-refractivity contribution in [1.82, 2.24) is 15.5 Å². The van der Waals surface area contributed by atoms with Gasteiger partial charge < -0.3 is 15.4 Å². The number of carbonyl (C=O) groups excluding carboxylic acids is 3. The van der Waals surface area contributed by atoms with Crippen molar-refractivity contribution in [3.05, 3.63) is 107 Å². The molecule has 0 fully saturated rings. The third-order valence-electron chi connectivity index (χ3n) is 6.41. The van der Waals surface area contributed by atoms with Crippen LogP contribution in [0, 0.1) is 26.3 Å². The smallest absolute Gasteiger partial charge is 0.408 e. The van der Waals surface area contributed by atoms with Crippen LogP contribution in [0.1, 0.15) is 54.6 Å². The van der Waals surface area contributed by atoms with Gasteiger partial charge in [0.1, 0.15) is 17.7 Å². The number of aryl methyl sites for hydroxylation is 1. The van der Waals surface area contributed by atoms with E-state index in [-0.39, 0.29) is 13.0 Å². The summed E-state index contributed by atoms with van der Waals surface area (Å²) in [5.41, 5.74) is 3.35. The molecule has 2 unspecified atom stereocenters. The highest BCUT2D eigenvalue weighted by molar-refractivity contribution is 5.93. The maximum atomic E-state index is 14.1. The van der Waals surface area contributed by atoms with E-state index in [0.29, 0.717) is 5.56 Å². The van der Waals surface area contributed by atoms with Crippen molar-refractivity contribution in [2.45, 2.75) is 65.3 Å². The number of rotatable bonds is 9. The lowest BCUT2D eigenvalue weighted by Crippen LogP contribution is -2.52. The van der Waals surface area contributed by atoms with Gasteiger partial charge in [0.25, 0.3) is 5.91 Å². The predicted octanol–water partition coefficient (Wildman–Crippen LogP) is 5.22. The molecule has 0 radical (unpaired) electrons. The maximum absolute atomic E-state index is 14.1. The van der Waals surface area contributed by atoms with Crippen LogP contribution in [0.5, 0.6) is 0 Å². The van der Waals surface area contributed by atoms with Crippen LogP contribution >= 0.6 is 0 Å². The summed E-state index contributed by atoms with van der Waals surface area (Å²) in [5, 5.41) is 5.62. The summed E-state index contributed by atoms with van der Waals surface area (Å²) in [6.45, 7) is 9.30. The molecule has 0 saturated carbocycles. The fourth-order valence-corrected chi connectivity index (χ4v) is 4.28. The highest BCUT2D eigenvalue weighted by atomic mass is 16.6. The van der Waals surface area contributed by atoms with Gasteiger partial charge in [-0.2, -0.15) is 0 Å². The minimum Gasteiger partial charge on any atom is -0.444 e. The number of amides is 3. The standard InChI is InChI=1S/C33H37N3O4/c1-7-36(31(38)28(21-25-16-10-8-11-17-25)35-32(39)40-33(4,5)6)29(27-20-14-15-23(2)24(27)3)30(37)34-22-26-18-12-9-13-19-26/h1,8-20,28-29H,21-22H2,2-6H3,(H,34,37)(H,35,39). The number of hydrogen-bond donors (Lipinski definition) is 2. The van der Waals surface area contributed by atoms with Crippen molar-refractivity contribution in [3.8, 4) is 12.5 Å². The number of hydrogen-bond acceptors (Lipinski definition) is 4. The predicted molar refractivity (Wildman–Crippen MR) is 156 cm³/mol. The first-order valence-corrected chi connectivity index (χ1v) is 13.2. The molecule has 3 aromatic carbocycles. The molecule has 0 aliphatic heterocycles. The fourth-order valence-electron chi connectivity index (χ4n) is 4.28. The van der Waals surface area contributed by atoms with Crippen molar-refractivity contribution in [3.63, 3.8) is 0 Å². The molecule has 3 amide bonds. The second kappa shape index (κ2) is 13.5. The number of nitrogens with one attached hydrogen (secondary N) is 2. The topological polar surface area (TPSA) is 87.7 Å². The van der Waals surface area contributed by atoms with E-state index in [9.17, 15) is 14.4 Å². The molecule has 2 N–H and O–H groups in total. The summed E-state index contributed by atoms with van der Waals surface area (Å²) in [4.78, 5) is 41.7. The summed E-state index contributed by atoms with van der Waals surface area (Å²) in [6.07, 6.45) is 5.34. The van der Waals surface area contributed by atoms with Crippen LogP contribution in [-0.2, 0) is 27.3 Å². The minimum absolute atomic E-state index is 0.155. The number of carbonyl (C=O) groups is 3. The first-order chi connectivity index (χ1) is 19.0. The number of terminal acetylenes is 1. The lowest BCUT2D eigenvalue weighted by molar-refractivity contribution is -0.138. The summed E-state index contributed by atoms with van der Waals surface area (Å²) in [5.74, 6) is -1.03. The van der Waals surface area contributed by atoms with Gasteiger partial charge in [0.2, 0.25) is 5.91 Å². The lowest BCUT2D eigenvalue weighted by atomic mass is 9.95. The SMILES string of the molecule is C#CN(C(=O)C(Cc1ccccc1)NC(=O)OC(C)(C)C)C(C(=O)NCc1ccccc1)c1cccc(C)c1C. The summed E-state index contributed by atoms with van der Waals surface area (Å²) in [7, 11) is 0. The molecule has 7 heteroatoms. The molecule has 0 aromatic heterocycles. The van der Waals surface area contributed by atoms with Crippen LogP contribution in [0.2, 0.25) is 0 Å². The summed E-state index contributed by atoms with van der Waals surface area (Å²) < 4.78 is 5.43. The monoisotopic (exact) mass is 539 g/mol. The highest BCUT2D eigenvalue weighted by Crippen LogP contribution is 2.27. The third kappa shape index (κ3) is 8.21. The Labute approximate surface area is 236 Å². The quantitative estimate of drug-likeness (QED) is 0.288. The lowest BCUT2D eigenvalue weighted by Gasteiger charge is -2.31. The molecule has 2 atom stereocenters. The molecule has 3 aromatic rings. The van der Waals surface area contributed by atoms with Crippen LogP contribution in [0.25, 0.3) is 0 Å². The Hall–Kier alpha value is -4.57. The number of nitrogens with zero attached hydrogens (tertiary/aromatic N) is 1. The Morgan fingerprint density at radius 1 is 0.900 bits per heavy atom. The van der Waals surface area contributed by atoms with E-state index in [0.717, 1.165) is 27.2 Å². The van der Waals surface area contributed by atoms with E-state index < -0.39 is 35.6 Å². The van der Waals surface area contributed by atoms with Crippen molar-refractivity contribution in [2.24, 2.45) is 0 Å². The van der Waals surface area contributed by atoms with Crippen LogP contribution in [-0.4, -0.2) is 34.5 Å². The molecule has 0 aliphatic rings. The van der Waals surface area contributed by atoms with E-state index >= 15 is 0 Å². The average Bonchev–Trinajstić information content (AvgIpc) is 2.91. The highest BCUT2D eigenvalue weighted by Gasteiger charge is 2.36. The zero-order valence-corrected chi connectivity index (χ0v) is 23.7. The van der Waals surface area contributed by atoms with Gasteiger partial charge in [0.15, 0.2) is 0 Å². The van der Waals surface area contributed by atoms with E-state index in [1.54, 1.807) is 26.8 Å². The second-order valence-corrected chi connectivity index (χ2v) is 10.6. The molecule has 208 valence electrons. The van der Waals surface area contributed by atoms with Crippen molar-refractivity contribution in [1.29, 1.82) is 0 Å². The Morgan fingerprint density at radius 3 is 2.08 bits per heavy atom. The van der Waals surface area contributed by atoms with Crippen LogP contribution in [0.3, 0.4) is 0 Å². The van der Waals surface area contributed by atoms with Gasteiger partial charge in [-0.25, -0.2) is 4.79 Å². The molecule has 40 heavy (non-hydrogen) atoms. The Balaban J connectivity index is 1.99. The first kappa shape index (κ1) is 30.0. The van der Waals surface area contributed by atoms with Gasteiger partial charge in [-0.1, -0.05) is 85.3 Å². The first-order valence-electron chi connectivity index (χ1n) is 13.2. The Morgan fingerprint density at radius 2 is 1.50 bits per heavy atom. The van der Waals surface area contributed by atoms with Gasteiger partial charge in [-0.05, 0) is 62.4 Å². The van der Waals surface area contributed by atoms with E-state index in [4.69, 9.17) is 11.2 Å². The van der Waals surface area contributed by atoms with Crippen molar-refractivity contribution >= 4 is 17.9 Å². The molecule has 0 aliphatic carbocycles. The molecule has 0 heterocycles. The van der Waals surface area contributed by atoms with Gasteiger partial charge >= 0.3 is 6.09 Å². The van der Waals surface area contributed by atoms with Crippen molar-refractivity contribution in [2.75, 3.05) is 0 Å². The van der Waals surface area contributed by atoms with Crippen LogP contribution in [0.15, 0.2) is 78.9 Å². The Kier molecular flexibility index (Phi) is 10.1. The fraction of sp³-hybridized carbons (Fsp3) is 0.303. The zero-order valence-electron chi connectivity index (χ0n) is 23.7. The Bertz CT molecular complexity index is 1360. The van der Waals surface area contributed by atoms with Gasteiger partial charge in [0.05, 0.1) is 0 Å². The molecule has 3 rings (SSSR count). The van der Waals surface area contributed by atoms with E-state index in [1.165, 1.54) is 0 Å². The van der Waals surface area contributed by atoms with Gasteiger partial charge in [-0.15, -0.1) is 0 Å². The molecule has 0 saturated heterocycles. The minimum atomic E-state index is -1.13. The third-order valence-corrected chi connectivity index (χ3v) is 6.41. The zero-order chi connectivity index (χ0) is 29.3. The van der Waals surface area contributed by atoms with E-state index in [1.807, 2.05) is 86.6 Å². The van der Waals surface area contributed by atoms with E-state index in [2.05, 4.69) is 16.7 Å².